The maximum atomic E-state index is 5.90. The predicted octanol–water partition coefficient (Wildman–Crippen LogP) is 3.02. The van der Waals surface area contributed by atoms with E-state index in [1.165, 1.54) is 38.5 Å². The van der Waals surface area contributed by atoms with Crippen LogP contribution in [-0.4, -0.2) is 17.5 Å². The average molecular weight is 272 g/mol. The molecule has 1 heterocycles. The van der Waals surface area contributed by atoms with Crippen LogP contribution in [0.1, 0.15) is 38.5 Å². The Morgan fingerprint density at radius 3 is 2.90 bits per heavy atom. The van der Waals surface area contributed by atoms with Gasteiger partial charge in [0.2, 0.25) is 0 Å². The van der Waals surface area contributed by atoms with Crippen LogP contribution in [0.2, 0.25) is 0 Å². The van der Waals surface area contributed by atoms with Crippen molar-refractivity contribution < 1.29 is 0 Å². The molecular formula is C16H24N4. The summed E-state index contributed by atoms with van der Waals surface area (Å²) in [5.74, 6) is 3.89. The lowest BCUT2D eigenvalue weighted by molar-refractivity contribution is 0.311. The number of rotatable bonds is 4. The highest BCUT2D eigenvalue weighted by Crippen LogP contribution is 2.49. The van der Waals surface area contributed by atoms with Gasteiger partial charge in [0.05, 0.1) is 0 Å². The van der Waals surface area contributed by atoms with E-state index in [1.807, 2.05) is 18.2 Å². The number of nitrogens with two attached hydrogens (primary N) is 1. The van der Waals surface area contributed by atoms with Gasteiger partial charge < -0.3 is 11.1 Å². The van der Waals surface area contributed by atoms with Crippen LogP contribution in [0.15, 0.2) is 29.4 Å². The summed E-state index contributed by atoms with van der Waals surface area (Å²) in [6.07, 6.45) is 10.3. The average Bonchev–Trinajstić information content (AvgIpc) is 3.27. The van der Waals surface area contributed by atoms with Crippen LogP contribution >= 0.6 is 0 Å². The summed E-state index contributed by atoms with van der Waals surface area (Å²) >= 11 is 0. The van der Waals surface area contributed by atoms with E-state index in [-0.39, 0.29) is 0 Å². The molecule has 0 spiro atoms. The fourth-order valence-electron chi connectivity index (χ4n) is 3.44. The lowest BCUT2D eigenvalue weighted by Gasteiger charge is -2.21. The van der Waals surface area contributed by atoms with Crippen molar-refractivity contribution in [3.05, 3.63) is 24.4 Å². The molecule has 0 aliphatic heterocycles. The number of aliphatic imine (C=N–C) groups is 1. The third-order valence-electron chi connectivity index (χ3n) is 4.65. The Hall–Kier alpha value is -1.58. The minimum atomic E-state index is 0.484. The number of guanidine groups is 1. The van der Waals surface area contributed by atoms with Crippen LogP contribution in [0.4, 0.5) is 5.82 Å². The Morgan fingerprint density at radius 2 is 2.15 bits per heavy atom. The van der Waals surface area contributed by atoms with E-state index in [2.05, 4.69) is 15.3 Å². The maximum Gasteiger partial charge on any atom is 0.194 e. The topological polar surface area (TPSA) is 63.3 Å². The quantitative estimate of drug-likeness (QED) is 0.654. The van der Waals surface area contributed by atoms with E-state index < -0.39 is 0 Å². The van der Waals surface area contributed by atoms with Gasteiger partial charge in [-0.2, -0.15) is 0 Å². The molecule has 0 radical (unpaired) electrons. The van der Waals surface area contributed by atoms with E-state index in [0.717, 1.165) is 30.1 Å². The molecule has 0 saturated heterocycles. The largest absolute Gasteiger partial charge is 0.370 e. The molecule has 0 aromatic carbocycles. The normalized spacial score (nSPS) is 27.3. The zero-order valence-corrected chi connectivity index (χ0v) is 12.0. The molecule has 0 bridgehead atoms. The van der Waals surface area contributed by atoms with Crippen molar-refractivity contribution in [2.45, 2.75) is 38.5 Å². The van der Waals surface area contributed by atoms with Crippen molar-refractivity contribution in [2.75, 3.05) is 11.9 Å². The Morgan fingerprint density at radius 1 is 1.30 bits per heavy atom. The van der Waals surface area contributed by atoms with Gasteiger partial charge >= 0.3 is 0 Å². The summed E-state index contributed by atoms with van der Waals surface area (Å²) in [4.78, 5) is 8.65. The molecule has 2 aliphatic carbocycles. The van der Waals surface area contributed by atoms with Crippen LogP contribution in [0.5, 0.6) is 0 Å². The highest BCUT2D eigenvalue weighted by Gasteiger charge is 2.42. The van der Waals surface area contributed by atoms with Crippen molar-refractivity contribution in [1.29, 1.82) is 0 Å². The molecule has 1 aromatic heterocycles. The number of hydrogen-bond acceptors (Lipinski definition) is 2. The summed E-state index contributed by atoms with van der Waals surface area (Å²) in [6, 6.07) is 5.71. The second kappa shape index (κ2) is 6.25. The van der Waals surface area contributed by atoms with Gasteiger partial charge in [-0.05, 0) is 36.3 Å². The van der Waals surface area contributed by atoms with E-state index in [4.69, 9.17) is 5.73 Å². The lowest BCUT2D eigenvalue weighted by Crippen LogP contribution is -2.23. The molecule has 0 amide bonds. The summed E-state index contributed by atoms with van der Waals surface area (Å²) in [5.41, 5.74) is 5.90. The van der Waals surface area contributed by atoms with Gasteiger partial charge in [0, 0.05) is 12.7 Å². The highest BCUT2D eigenvalue weighted by atomic mass is 15.1. The Bertz CT molecular complexity index is 451. The van der Waals surface area contributed by atoms with Crippen molar-refractivity contribution in [3.63, 3.8) is 0 Å². The highest BCUT2D eigenvalue weighted by molar-refractivity contribution is 5.91. The molecule has 3 rings (SSSR count). The van der Waals surface area contributed by atoms with E-state index in [1.54, 1.807) is 6.20 Å². The molecule has 0 unspecified atom stereocenters. The van der Waals surface area contributed by atoms with Crippen LogP contribution in [0.3, 0.4) is 0 Å². The first-order valence-electron chi connectivity index (χ1n) is 7.81. The van der Waals surface area contributed by atoms with Crippen LogP contribution in [0, 0.1) is 17.8 Å². The number of nitrogens with one attached hydrogen (secondary N) is 1. The third kappa shape index (κ3) is 3.50. The molecule has 2 saturated carbocycles. The second-order valence-corrected chi connectivity index (χ2v) is 6.12. The molecule has 2 atom stereocenters. The standard InChI is InChI=1S/C16H24N4/c17-16(20-15-8-4-5-9-18-15)19-11-13-10-14(13)12-6-2-1-3-7-12/h4-5,8-9,12-14H,1-3,6-7,10-11H2,(H3,17,18,19,20)/t13-,14-/m0/s1. The fourth-order valence-corrected chi connectivity index (χ4v) is 3.44. The molecule has 4 nitrogen and oxygen atoms in total. The molecule has 2 aliphatic rings. The minimum Gasteiger partial charge on any atom is -0.370 e. The maximum absolute atomic E-state index is 5.90. The van der Waals surface area contributed by atoms with Gasteiger partial charge in [-0.15, -0.1) is 0 Å². The number of hydrogen-bond donors (Lipinski definition) is 2. The predicted molar refractivity (Wildman–Crippen MR) is 82.5 cm³/mol. The number of nitrogens with zero attached hydrogens (tertiary/aromatic N) is 2. The number of pyridine rings is 1. The van der Waals surface area contributed by atoms with Gasteiger partial charge in [0.25, 0.3) is 0 Å². The van der Waals surface area contributed by atoms with Crippen LogP contribution in [0.25, 0.3) is 0 Å². The molecule has 2 fully saturated rings. The summed E-state index contributed by atoms with van der Waals surface area (Å²) in [7, 11) is 0. The lowest BCUT2D eigenvalue weighted by atomic mass is 9.85. The van der Waals surface area contributed by atoms with E-state index in [0.29, 0.717) is 5.96 Å². The molecule has 3 N–H and O–H groups in total. The first-order valence-corrected chi connectivity index (χ1v) is 7.81. The Kier molecular flexibility index (Phi) is 4.19. The zero-order valence-electron chi connectivity index (χ0n) is 12.0. The molecule has 1 aromatic rings. The van der Waals surface area contributed by atoms with Gasteiger partial charge in [-0.3, -0.25) is 4.99 Å². The Labute approximate surface area is 120 Å². The van der Waals surface area contributed by atoms with Gasteiger partial charge in [0.15, 0.2) is 5.96 Å². The monoisotopic (exact) mass is 272 g/mol. The fraction of sp³-hybridized carbons (Fsp3) is 0.625. The molecular weight excluding hydrogens is 248 g/mol. The summed E-state index contributed by atoms with van der Waals surface area (Å²) in [6.45, 7) is 0.868. The van der Waals surface area contributed by atoms with Crippen LogP contribution < -0.4 is 11.1 Å². The van der Waals surface area contributed by atoms with Gasteiger partial charge in [0.1, 0.15) is 5.82 Å². The smallest absolute Gasteiger partial charge is 0.194 e. The first-order chi connectivity index (χ1) is 9.83. The molecule has 20 heavy (non-hydrogen) atoms. The number of aromatic nitrogens is 1. The number of anilines is 1. The van der Waals surface area contributed by atoms with Crippen molar-refractivity contribution in [3.8, 4) is 0 Å². The molecule has 108 valence electrons. The van der Waals surface area contributed by atoms with Gasteiger partial charge in [-0.25, -0.2) is 4.98 Å². The second-order valence-electron chi connectivity index (χ2n) is 6.12. The van der Waals surface area contributed by atoms with Crippen molar-refractivity contribution >= 4 is 11.8 Å². The van der Waals surface area contributed by atoms with E-state index >= 15 is 0 Å². The SMILES string of the molecule is NC(=NC[C@@H]1C[C@H]1C1CCCCC1)Nc1ccccn1. The van der Waals surface area contributed by atoms with Gasteiger partial charge in [-0.1, -0.05) is 38.2 Å². The molecule has 4 heteroatoms. The van der Waals surface area contributed by atoms with E-state index in [9.17, 15) is 0 Å². The summed E-state index contributed by atoms with van der Waals surface area (Å²) in [5, 5.41) is 3.04. The first kappa shape index (κ1) is 13.4. The Balaban J connectivity index is 1.44. The van der Waals surface area contributed by atoms with Crippen molar-refractivity contribution in [1.82, 2.24) is 4.98 Å². The third-order valence-corrected chi connectivity index (χ3v) is 4.65. The zero-order chi connectivity index (χ0) is 13.8. The van der Waals surface area contributed by atoms with Crippen LogP contribution in [-0.2, 0) is 0 Å². The summed E-state index contributed by atoms with van der Waals surface area (Å²) < 4.78 is 0. The van der Waals surface area contributed by atoms with Crippen molar-refractivity contribution in [2.24, 2.45) is 28.5 Å². The minimum absolute atomic E-state index is 0.484.